The van der Waals surface area contributed by atoms with E-state index in [1.54, 1.807) is 6.20 Å². The Morgan fingerprint density at radius 2 is 2.50 bits per heavy atom. The summed E-state index contributed by atoms with van der Waals surface area (Å²) in [6.45, 7) is 1.89. The van der Waals surface area contributed by atoms with E-state index < -0.39 is 0 Å². The van der Waals surface area contributed by atoms with Gasteiger partial charge in [-0.15, -0.1) is 0 Å². The molecule has 4 heteroatoms. The van der Waals surface area contributed by atoms with Crippen LogP contribution in [0.3, 0.4) is 0 Å². The maximum absolute atomic E-state index is 10.8. The number of likely N-dealkylation sites (N-methyl/N-ethyl adjacent to an activating group) is 1. The van der Waals surface area contributed by atoms with Gasteiger partial charge in [0, 0.05) is 37.0 Å². The van der Waals surface area contributed by atoms with E-state index in [-0.39, 0.29) is 5.69 Å². The van der Waals surface area contributed by atoms with Crippen LogP contribution in [0.4, 0.5) is 0 Å². The Hall–Kier alpha value is -1.16. The van der Waals surface area contributed by atoms with Gasteiger partial charge in [0.2, 0.25) is 0 Å². The van der Waals surface area contributed by atoms with Gasteiger partial charge in [0.25, 0.3) is 0 Å². The molecule has 0 radical (unpaired) electrons. The molecule has 0 atom stereocenters. The van der Waals surface area contributed by atoms with Gasteiger partial charge >= 0.3 is 5.69 Å². The van der Waals surface area contributed by atoms with Crippen molar-refractivity contribution >= 4 is 0 Å². The Labute approximate surface area is 70.2 Å². The molecule has 1 N–H and O–H groups in total. The molecule has 1 aliphatic heterocycles. The molecule has 0 fully saturated rings. The van der Waals surface area contributed by atoms with Gasteiger partial charge in [-0.3, -0.25) is 0 Å². The SMILES string of the molecule is CN1CCc2[nH]c(=O)ncc2C1. The van der Waals surface area contributed by atoms with Crippen LogP contribution in [0, 0.1) is 0 Å². The first-order chi connectivity index (χ1) is 5.75. The van der Waals surface area contributed by atoms with Gasteiger partial charge in [-0.25, -0.2) is 9.78 Å². The minimum Gasteiger partial charge on any atom is -0.309 e. The third-order valence-corrected chi connectivity index (χ3v) is 2.17. The van der Waals surface area contributed by atoms with E-state index in [4.69, 9.17) is 0 Å². The van der Waals surface area contributed by atoms with E-state index in [1.165, 1.54) is 0 Å². The Bertz CT molecular complexity index is 344. The molecule has 2 rings (SSSR count). The van der Waals surface area contributed by atoms with Crippen molar-refractivity contribution in [3.8, 4) is 0 Å². The second-order valence-electron chi connectivity index (χ2n) is 3.18. The van der Waals surface area contributed by atoms with Crippen LogP contribution in [0.15, 0.2) is 11.0 Å². The van der Waals surface area contributed by atoms with E-state index in [1.807, 2.05) is 0 Å². The summed E-state index contributed by atoms with van der Waals surface area (Å²) in [6.07, 6.45) is 2.59. The fourth-order valence-electron chi connectivity index (χ4n) is 1.49. The van der Waals surface area contributed by atoms with Crippen LogP contribution in [-0.2, 0) is 13.0 Å². The highest BCUT2D eigenvalue weighted by molar-refractivity contribution is 5.18. The minimum absolute atomic E-state index is 0.238. The number of rotatable bonds is 0. The predicted molar refractivity (Wildman–Crippen MR) is 44.9 cm³/mol. The molecule has 0 saturated heterocycles. The fourth-order valence-corrected chi connectivity index (χ4v) is 1.49. The summed E-state index contributed by atoms with van der Waals surface area (Å²) in [5.41, 5.74) is 1.95. The number of hydrogen-bond acceptors (Lipinski definition) is 3. The van der Waals surface area contributed by atoms with Crippen molar-refractivity contribution in [1.82, 2.24) is 14.9 Å². The van der Waals surface area contributed by atoms with Crippen molar-refractivity contribution in [2.24, 2.45) is 0 Å². The average Bonchev–Trinajstić information content (AvgIpc) is 2.05. The topological polar surface area (TPSA) is 49.0 Å². The van der Waals surface area contributed by atoms with Crippen molar-refractivity contribution < 1.29 is 0 Å². The van der Waals surface area contributed by atoms with Gasteiger partial charge in [-0.2, -0.15) is 0 Å². The van der Waals surface area contributed by atoms with Crippen molar-refractivity contribution in [2.75, 3.05) is 13.6 Å². The Balaban J connectivity index is 2.43. The molecule has 64 valence electrons. The average molecular weight is 165 g/mol. The van der Waals surface area contributed by atoms with E-state index >= 15 is 0 Å². The molecule has 1 aromatic rings. The molecule has 1 aliphatic rings. The van der Waals surface area contributed by atoms with Gasteiger partial charge in [0.1, 0.15) is 0 Å². The zero-order valence-corrected chi connectivity index (χ0v) is 7.00. The highest BCUT2D eigenvalue weighted by Crippen LogP contribution is 2.11. The molecular weight excluding hydrogens is 154 g/mol. The molecule has 0 spiro atoms. The number of fused-ring (bicyclic) bond motifs is 1. The minimum atomic E-state index is -0.238. The molecule has 0 aliphatic carbocycles. The third-order valence-electron chi connectivity index (χ3n) is 2.17. The second-order valence-corrected chi connectivity index (χ2v) is 3.18. The number of nitrogens with one attached hydrogen (secondary N) is 1. The number of nitrogens with zero attached hydrogens (tertiary/aromatic N) is 2. The summed E-state index contributed by atoms with van der Waals surface area (Å²) in [4.78, 5) is 19.5. The Morgan fingerprint density at radius 3 is 3.33 bits per heavy atom. The lowest BCUT2D eigenvalue weighted by Crippen LogP contribution is -2.29. The Morgan fingerprint density at radius 1 is 1.67 bits per heavy atom. The molecule has 1 aromatic heterocycles. The second kappa shape index (κ2) is 2.71. The van der Waals surface area contributed by atoms with Gasteiger partial charge < -0.3 is 9.88 Å². The van der Waals surface area contributed by atoms with E-state index in [9.17, 15) is 4.79 Å². The maximum atomic E-state index is 10.8. The first-order valence-corrected chi connectivity index (χ1v) is 4.01. The highest BCUT2D eigenvalue weighted by atomic mass is 16.1. The quantitative estimate of drug-likeness (QED) is 0.577. The van der Waals surface area contributed by atoms with Crippen LogP contribution in [-0.4, -0.2) is 28.5 Å². The molecule has 2 heterocycles. The molecule has 12 heavy (non-hydrogen) atoms. The van der Waals surface area contributed by atoms with Crippen LogP contribution in [0.25, 0.3) is 0 Å². The van der Waals surface area contributed by atoms with Gasteiger partial charge in [-0.05, 0) is 7.05 Å². The molecule has 4 nitrogen and oxygen atoms in total. The van der Waals surface area contributed by atoms with Crippen molar-refractivity contribution in [2.45, 2.75) is 13.0 Å². The standard InChI is InChI=1S/C8H11N3O/c1-11-3-2-7-6(5-11)4-9-8(12)10-7/h4H,2-3,5H2,1H3,(H,9,10,12). The first-order valence-electron chi connectivity index (χ1n) is 4.01. The lowest BCUT2D eigenvalue weighted by molar-refractivity contribution is 0.308. The summed E-state index contributed by atoms with van der Waals surface area (Å²) in [7, 11) is 2.06. The van der Waals surface area contributed by atoms with Crippen molar-refractivity contribution in [1.29, 1.82) is 0 Å². The van der Waals surface area contributed by atoms with Gasteiger partial charge in [0.15, 0.2) is 0 Å². The summed E-state index contributed by atoms with van der Waals surface area (Å²) >= 11 is 0. The van der Waals surface area contributed by atoms with E-state index in [0.717, 1.165) is 30.8 Å². The summed E-state index contributed by atoms with van der Waals surface area (Å²) < 4.78 is 0. The number of H-pyrrole nitrogens is 1. The van der Waals surface area contributed by atoms with Crippen LogP contribution >= 0.6 is 0 Å². The van der Waals surface area contributed by atoms with Gasteiger partial charge in [-0.1, -0.05) is 0 Å². The molecule has 0 bridgehead atoms. The van der Waals surface area contributed by atoms with E-state index in [2.05, 4.69) is 21.9 Å². The molecule has 0 amide bonds. The zero-order valence-electron chi connectivity index (χ0n) is 7.00. The highest BCUT2D eigenvalue weighted by Gasteiger charge is 2.13. The summed E-state index contributed by atoms with van der Waals surface area (Å²) in [5.74, 6) is 0. The van der Waals surface area contributed by atoms with Crippen LogP contribution in [0.2, 0.25) is 0 Å². The molecule has 0 saturated carbocycles. The summed E-state index contributed by atoms with van der Waals surface area (Å²) in [6, 6.07) is 0. The van der Waals surface area contributed by atoms with Crippen LogP contribution < -0.4 is 5.69 Å². The van der Waals surface area contributed by atoms with Crippen LogP contribution in [0.1, 0.15) is 11.3 Å². The predicted octanol–water partition coefficient (Wildman–Crippen LogP) is -0.242. The number of aromatic nitrogens is 2. The smallest absolute Gasteiger partial charge is 0.309 e. The van der Waals surface area contributed by atoms with Crippen molar-refractivity contribution in [3.63, 3.8) is 0 Å². The maximum Gasteiger partial charge on any atom is 0.345 e. The van der Waals surface area contributed by atoms with Crippen molar-refractivity contribution in [3.05, 3.63) is 27.9 Å². The Kier molecular flexibility index (Phi) is 1.69. The lowest BCUT2D eigenvalue weighted by Gasteiger charge is -2.23. The largest absolute Gasteiger partial charge is 0.345 e. The normalized spacial score (nSPS) is 17.4. The lowest BCUT2D eigenvalue weighted by atomic mass is 10.1. The molecule has 0 unspecified atom stereocenters. The first kappa shape index (κ1) is 7.49. The molecular formula is C8H11N3O. The molecule has 0 aromatic carbocycles. The summed E-state index contributed by atoms with van der Waals surface area (Å²) in [5, 5.41) is 0. The number of aromatic amines is 1. The zero-order chi connectivity index (χ0) is 8.55. The number of hydrogen-bond donors (Lipinski definition) is 1. The van der Waals surface area contributed by atoms with E-state index in [0.29, 0.717) is 0 Å². The van der Waals surface area contributed by atoms with Crippen LogP contribution in [0.5, 0.6) is 0 Å². The fraction of sp³-hybridized carbons (Fsp3) is 0.500. The van der Waals surface area contributed by atoms with Gasteiger partial charge in [0.05, 0.1) is 0 Å². The third kappa shape index (κ3) is 1.25. The monoisotopic (exact) mass is 165 g/mol.